The minimum Gasteiger partial charge on any atom is -0.485 e. The van der Waals surface area contributed by atoms with Crippen LogP contribution in [-0.2, 0) is 16.1 Å². The van der Waals surface area contributed by atoms with Crippen molar-refractivity contribution in [3.8, 4) is 11.5 Å². The molecule has 1 aliphatic rings. The number of hydrogen-bond donors (Lipinski definition) is 0. The number of aryl methyl sites for hydroxylation is 1. The van der Waals surface area contributed by atoms with Crippen molar-refractivity contribution < 1.29 is 23.5 Å². The third kappa shape index (κ3) is 2.59. The van der Waals surface area contributed by atoms with Crippen LogP contribution in [0.25, 0.3) is 0 Å². The topological polar surface area (TPSA) is 70.8 Å². The minimum absolute atomic E-state index is 0.0289. The second kappa shape index (κ2) is 5.24. The SMILES string of the molecule is Cc1cc(COC(=O)[C@@H]2COc3ccccc3O2)on1. The van der Waals surface area contributed by atoms with E-state index < -0.39 is 12.1 Å². The Morgan fingerprint density at radius 1 is 1.40 bits per heavy atom. The zero-order valence-corrected chi connectivity index (χ0v) is 10.9. The van der Waals surface area contributed by atoms with Gasteiger partial charge in [0.1, 0.15) is 6.61 Å². The zero-order chi connectivity index (χ0) is 13.9. The molecule has 0 bridgehead atoms. The normalized spacial score (nSPS) is 16.8. The summed E-state index contributed by atoms with van der Waals surface area (Å²) in [5.74, 6) is 1.17. The summed E-state index contributed by atoms with van der Waals surface area (Å²) in [5.41, 5.74) is 0.738. The van der Waals surface area contributed by atoms with Crippen LogP contribution < -0.4 is 9.47 Å². The van der Waals surface area contributed by atoms with Gasteiger partial charge in [0, 0.05) is 6.07 Å². The van der Waals surface area contributed by atoms with Crippen molar-refractivity contribution in [3.63, 3.8) is 0 Å². The van der Waals surface area contributed by atoms with Crippen LogP contribution in [0, 0.1) is 6.92 Å². The molecule has 2 aromatic rings. The van der Waals surface area contributed by atoms with E-state index in [-0.39, 0.29) is 13.2 Å². The van der Waals surface area contributed by atoms with Gasteiger partial charge < -0.3 is 18.7 Å². The van der Waals surface area contributed by atoms with Crippen molar-refractivity contribution in [2.24, 2.45) is 0 Å². The zero-order valence-electron chi connectivity index (χ0n) is 10.9. The van der Waals surface area contributed by atoms with Gasteiger partial charge >= 0.3 is 5.97 Å². The molecule has 6 heteroatoms. The van der Waals surface area contributed by atoms with Crippen molar-refractivity contribution in [1.29, 1.82) is 0 Å². The van der Waals surface area contributed by atoms with Gasteiger partial charge in [-0.05, 0) is 19.1 Å². The standard InChI is InChI=1S/C14H13NO5/c1-9-6-10(20-15-9)7-18-14(16)13-8-17-11-4-2-3-5-12(11)19-13/h2-6,13H,7-8H2,1H3/t13-/m0/s1. The maximum Gasteiger partial charge on any atom is 0.351 e. The molecule has 20 heavy (non-hydrogen) atoms. The quantitative estimate of drug-likeness (QED) is 0.796. The third-order valence-electron chi connectivity index (χ3n) is 2.80. The van der Waals surface area contributed by atoms with Crippen molar-refractivity contribution in [1.82, 2.24) is 5.16 Å². The lowest BCUT2D eigenvalue weighted by Gasteiger charge is -2.24. The molecule has 104 valence electrons. The summed E-state index contributed by atoms with van der Waals surface area (Å²) in [5, 5.41) is 3.71. The van der Waals surface area contributed by atoms with Crippen LogP contribution in [0.5, 0.6) is 11.5 Å². The molecule has 0 unspecified atom stereocenters. The first kappa shape index (κ1) is 12.5. The highest BCUT2D eigenvalue weighted by Crippen LogP contribution is 2.31. The predicted octanol–water partition coefficient (Wildman–Crippen LogP) is 1.87. The van der Waals surface area contributed by atoms with Gasteiger partial charge in [0.05, 0.1) is 5.69 Å². The molecule has 0 saturated heterocycles. The van der Waals surface area contributed by atoms with Gasteiger partial charge in [0.15, 0.2) is 23.9 Å². The molecule has 0 radical (unpaired) electrons. The first-order chi connectivity index (χ1) is 9.72. The maximum absolute atomic E-state index is 11.9. The molecule has 6 nitrogen and oxygen atoms in total. The number of fused-ring (bicyclic) bond motifs is 1. The van der Waals surface area contributed by atoms with E-state index in [2.05, 4.69) is 5.16 Å². The molecule has 0 amide bonds. The van der Waals surface area contributed by atoms with Gasteiger partial charge in [-0.3, -0.25) is 0 Å². The van der Waals surface area contributed by atoms with Gasteiger partial charge in [-0.15, -0.1) is 0 Å². The average molecular weight is 275 g/mol. The van der Waals surface area contributed by atoms with Gasteiger partial charge in [0.25, 0.3) is 0 Å². The van der Waals surface area contributed by atoms with Crippen LogP contribution in [0.3, 0.4) is 0 Å². The highest BCUT2D eigenvalue weighted by atomic mass is 16.6. The van der Waals surface area contributed by atoms with Crippen LogP contribution in [0.4, 0.5) is 0 Å². The first-order valence-electron chi connectivity index (χ1n) is 6.20. The number of hydrogen-bond acceptors (Lipinski definition) is 6. The fourth-order valence-electron chi connectivity index (χ4n) is 1.86. The van der Waals surface area contributed by atoms with Crippen LogP contribution in [-0.4, -0.2) is 23.8 Å². The highest BCUT2D eigenvalue weighted by Gasteiger charge is 2.28. The number of nitrogens with zero attached hydrogens (tertiary/aromatic N) is 1. The fraction of sp³-hybridized carbons (Fsp3) is 0.286. The van der Waals surface area contributed by atoms with E-state index in [0.717, 1.165) is 5.69 Å². The second-order valence-corrected chi connectivity index (χ2v) is 4.41. The molecule has 0 aliphatic carbocycles. The molecule has 0 fully saturated rings. The summed E-state index contributed by atoms with van der Waals surface area (Å²) >= 11 is 0. The number of para-hydroxylation sites is 2. The summed E-state index contributed by atoms with van der Waals surface area (Å²) in [6, 6.07) is 8.89. The average Bonchev–Trinajstić information content (AvgIpc) is 2.90. The Hall–Kier alpha value is -2.50. The second-order valence-electron chi connectivity index (χ2n) is 4.41. The number of carbonyl (C=O) groups is 1. The molecule has 1 atom stereocenters. The lowest BCUT2D eigenvalue weighted by molar-refractivity contribution is -0.156. The van der Waals surface area contributed by atoms with E-state index in [1.807, 2.05) is 12.1 Å². The van der Waals surface area contributed by atoms with Crippen LogP contribution >= 0.6 is 0 Å². The van der Waals surface area contributed by atoms with Crippen LogP contribution in [0.1, 0.15) is 11.5 Å². The molecule has 0 N–H and O–H groups in total. The predicted molar refractivity (Wildman–Crippen MR) is 67.4 cm³/mol. The van der Waals surface area contributed by atoms with Gasteiger partial charge in [0.2, 0.25) is 6.10 Å². The van der Waals surface area contributed by atoms with E-state index in [0.29, 0.717) is 17.3 Å². The summed E-state index contributed by atoms with van der Waals surface area (Å²) < 4.78 is 21.1. The number of carbonyl (C=O) groups excluding carboxylic acids is 1. The Morgan fingerprint density at radius 2 is 2.20 bits per heavy atom. The third-order valence-corrected chi connectivity index (χ3v) is 2.80. The summed E-state index contributed by atoms with van der Waals surface area (Å²) in [4.78, 5) is 11.9. The van der Waals surface area contributed by atoms with Crippen molar-refractivity contribution in [3.05, 3.63) is 41.8 Å². The first-order valence-corrected chi connectivity index (χ1v) is 6.20. The Labute approximate surface area is 115 Å². The molecular formula is C14H13NO5. The van der Waals surface area contributed by atoms with E-state index in [4.69, 9.17) is 18.7 Å². The number of aromatic nitrogens is 1. The van der Waals surface area contributed by atoms with Crippen LogP contribution in [0.2, 0.25) is 0 Å². The summed E-state index contributed by atoms with van der Waals surface area (Å²) in [6.07, 6.45) is -0.770. The molecular weight excluding hydrogens is 262 g/mol. The monoisotopic (exact) mass is 275 g/mol. The lowest BCUT2D eigenvalue weighted by Crippen LogP contribution is -2.37. The Kier molecular flexibility index (Phi) is 3.28. The molecule has 3 rings (SSSR count). The Balaban J connectivity index is 1.59. The number of esters is 1. The van der Waals surface area contributed by atoms with E-state index in [9.17, 15) is 4.79 Å². The minimum atomic E-state index is -0.770. The van der Waals surface area contributed by atoms with Crippen molar-refractivity contribution in [2.75, 3.05) is 6.61 Å². The van der Waals surface area contributed by atoms with E-state index in [1.54, 1.807) is 25.1 Å². The number of rotatable bonds is 3. The largest absolute Gasteiger partial charge is 0.485 e. The Bertz CT molecular complexity index is 622. The van der Waals surface area contributed by atoms with Gasteiger partial charge in [-0.1, -0.05) is 17.3 Å². The van der Waals surface area contributed by atoms with Crippen molar-refractivity contribution >= 4 is 5.97 Å². The molecule has 1 aromatic heterocycles. The lowest BCUT2D eigenvalue weighted by atomic mass is 10.2. The molecule has 2 heterocycles. The molecule has 0 spiro atoms. The van der Waals surface area contributed by atoms with Crippen molar-refractivity contribution in [2.45, 2.75) is 19.6 Å². The summed E-state index contributed by atoms with van der Waals surface area (Å²) in [7, 11) is 0. The van der Waals surface area contributed by atoms with Crippen LogP contribution in [0.15, 0.2) is 34.9 Å². The van der Waals surface area contributed by atoms with Gasteiger partial charge in [-0.25, -0.2) is 4.79 Å². The van der Waals surface area contributed by atoms with Gasteiger partial charge in [-0.2, -0.15) is 0 Å². The van der Waals surface area contributed by atoms with E-state index in [1.165, 1.54) is 0 Å². The summed E-state index contributed by atoms with van der Waals surface area (Å²) in [6.45, 7) is 1.95. The smallest absolute Gasteiger partial charge is 0.351 e. The molecule has 0 saturated carbocycles. The number of benzene rings is 1. The highest BCUT2D eigenvalue weighted by molar-refractivity contribution is 5.75. The fourth-order valence-corrected chi connectivity index (χ4v) is 1.86. The van der Waals surface area contributed by atoms with E-state index >= 15 is 0 Å². The maximum atomic E-state index is 11.9. The molecule has 1 aromatic carbocycles. The molecule has 1 aliphatic heterocycles. The number of ether oxygens (including phenoxy) is 3. The Morgan fingerprint density at radius 3 is 2.95 bits per heavy atom.